The van der Waals surface area contributed by atoms with Crippen molar-refractivity contribution in [3.63, 3.8) is 0 Å². The Hall–Kier alpha value is -0.600. The van der Waals surface area contributed by atoms with Gasteiger partial charge in [-0.05, 0) is 42.5 Å². The zero-order valence-electron chi connectivity index (χ0n) is 10.3. The third kappa shape index (κ3) is 3.68. The smallest absolute Gasteiger partial charge is 0.0863 e. The highest BCUT2D eigenvalue weighted by Gasteiger charge is 2.16. The molecular formula is C15H19BrO. The van der Waals surface area contributed by atoms with Crippen molar-refractivity contribution in [1.29, 1.82) is 0 Å². The number of ether oxygens (including phenoxy) is 1. The van der Waals surface area contributed by atoms with Gasteiger partial charge in [0.2, 0.25) is 0 Å². The number of benzene rings is 1. The van der Waals surface area contributed by atoms with E-state index in [1.807, 2.05) is 0 Å². The molecule has 1 aromatic carbocycles. The molecule has 1 atom stereocenters. The second-order valence-corrected chi connectivity index (χ2v) is 5.47. The molecule has 0 aromatic heterocycles. The highest BCUT2D eigenvalue weighted by atomic mass is 79.9. The molecule has 0 fully saturated rings. The molecule has 17 heavy (non-hydrogen) atoms. The van der Waals surface area contributed by atoms with Gasteiger partial charge in [0, 0.05) is 4.47 Å². The van der Waals surface area contributed by atoms with E-state index in [0.717, 1.165) is 17.5 Å². The molecule has 0 radical (unpaired) electrons. The van der Waals surface area contributed by atoms with Crippen molar-refractivity contribution >= 4 is 15.9 Å². The summed E-state index contributed by atoms with van der Waals surface area (Å²) in [5.74, 6) is 0. The molecule has 1 aliphatic rings. The van der Waals surface area contributed by atoms with Crippen molar-refractivity contribution in [3.05, 3.63) is 46.0 Å². The molecule has 2 heteroatoms. The second kappa shape index (κ2) is 6.36. The summed E-state index contributed by atoms with van der Waals surface area (Å²) in [5, 5.41) is 0. The molecule has 2 rings (SSSR count). The van der Waals surface area contributed by atoms with E-state index >= 15 is 0 Å². The number of unbranched alkanes of at least 4 members (excludes halogenated alkanes) is 1. The quantitative estimate of drug-likeness (QED) is 0.708. The van der Waals surface area contributed by atoms with E-state index in [0.29, 0.717) is 0 Å². The van der Waals surface area contributed by atoms with Gasteiger partial charge in [0.05, 0.1) is 12.7 Å². The molecule has 0 N–H and O–H groups in total. The Morgan fingerprint density at radius 3 is 2.65 bits per heavy atom. The lowest BCUT2D eigenvalue weighted by molar-refractivity contribution is 0.0598. The molecule has 1 aliphatic heterocycles. The van der Waals surface area contributed by atoms with Crippen LogP contribution in [0.25, 0.3) is 0 Å². The van der Waals surface area contributed by atoms with Crippen LogP contribution in [0, 0.1) is 0 Å². The minimum atomic E-state index is 0.244. The van der Waals surface area contributed by atoms with Crippen LogP contribution in [0.5, 0.6) is 0 Å². The zero-order chi connectivity index (χ0) is 12.1. The maximum absolute atomic E-state index is 5.93. The van der Waals surface area contributed by atoms with E-state index in [1.165, 1.54) is 30.4 Å². The Morgan fingerprint density at radius 1 is 1.29 bits per heavy atom. The molecule has 1 aromatic rings. The van der Waals surface area contributed by atoms with Crippen LogP contribution in [0.1, 0.15) is 44.3 Å². The molecule has 0 spiro atoms. The van der Waals surface area contributed by atoms with Crippen LogP contribution in [-0.4, -0.2) is 6.61 Å². The minimum Gasteiger partial charge on any atom is -0.369 e. The van der Waals surface area contributed by atoms with Gasteiger partial charge in [-0.2, -0.15) is 0 Å². The van der Waals surface area contributed by atoms with Gasteiger partial charge in [0.15, 0.2) is 0 Å². The average Bonchev–Trinajstić information content (AvgIpc) is 2.38. The standard InChI is InChI=1S/C15H19BrO/c1-2-3-4-12-5-10-15(17-11-12)13-6-8-14(16)9-7-13/h5-9,15H,2-4,10-11H2,1H3. The van der Waals surface area contributed by atoms with Gasteiger partial charge in [-0.25, -0.2) is 0 Å². The Labute approximate surface area is 112 Å². The van der Waals surface area contributed by atoms with Crippen LogP contribution in [0.15, 0.2) is 40.4 Å². The van der Waals surface area contributed by atoms with Gasteiger partial charge in [0.25, 0.3) is 0 Å². The third-order valence-electron chi connectivity index (χ3n) is 3.18. The van der Waals surface area contributed by atoms with Crippen molar-refractivity contribution in [1.82, 2.24) is 0 Å². The van der Waals surface area contributed by atoms with Gasteiger partial charge < -0.3 is 4.74 Å². The van der Waals surface area contributed by atoms with Crippen LogP contribution >= 0.6 is 15.9 Å². The van der Waals surface area contributed by atoms with E-state index in [2.05, 4.69) is 53.2 Å². The third-order valence-corrected chi connectivity index (χ3v) is 3.71. The lowest BCUT2D eigenvalue weighted by Gasteiger charge is -2.23. The summed E-state index contributed by atoms with van der Waals surface area (Å²) in [6.07, 6.45) is 7.36. The first-order valence-corrected chi connectivity index (χ1v) is 7.14. The number of hydrogen-bond donors (Lipinski definition) is 0. The van der Waals surface area contributed by atoms with E-state index in [1.54, 1.807) is 0 Å². The Morgan fingerprint density at radius 2 is 2.06 bits per heavy atom. The SMILES string of the molecule is CCCCC1=CCC(c2ccc(Br)cc2)OC1. The molecule has 0 saturated heterocycles. The highest BCUT2D eigenvalue weighted by Crippen LogP contribution is 2.29. The summed E-state index contributed by atoms with van der Waals surface area (Å²) in [6, 6.07) is 8.43. The molecule has 1 heterocycles. The first kappa shape index (κ1) is 12.8. The number of halogens is 1. The van der Waals surface area contributed by atoms with Gasteiger partial charge in [-0.3, -0.25) is 0 Å². The summed E-state index contributed by atoms with van der Waals surface area (Å²) in [6.45, 7) is 3.04. The normalized spacial score (nSPS) is 20.1. The summed E-state index contributed by atoms with van der Waals surface area (Å²) in [5.41, 5.74) is 2.75. The lowest BCUT2D eigenvalue weighted by Crippen LogP contribution is -2.11. The number of hydrogen-bond acceptors (Lipinski definition) is 1. The molecule has 0 amide bonds. The fraction of sp³-hybridized carbons (Fsp3) is 0.467. The lowest BCUT2D eigenvalue weighted by atomic mass is 10.00. The summed E-state index contributed by atoms with van der Waals surface area (Å²) < 4.78 is 7.05. The first-order valence-electron chi connectivity index (χ1n) is 6.34. The van der Waals surface area contributed by atoms with Crippen molar-refractivity contribution in [2.75, 3.05) is 6.61 Å². The van der Waals surface area contributed by atoms with Crippen molar-refractivity contribution < 1.29 is 4.74 Å². The topological polar surface area (TPSA) is 9.23 Å². The first-order chi connectivity index (χ1) is 8.29. The van der Waals surface area contributed by atoms with Crippen LogP contribution in [-0.2, 0) is 4.74 Å². The molecule has 1 nitrogen and oxygen atoms in total. The van der Waals surface area contributed by atoms with E-state index < -0.39 is 0 Å². The summed E-state index contributed by atoms with van der Waals surface area (Å²) in [7, 11) is 0. The van der Waals surface area contributed by atoms with Gasteiger partial charge in [-0.15, -0.1) is 0 Å². The van der Waals surface area contributed by atoms with Gasteiger partial charge in [-0.1, -0.05) is 47.5 Å². The van der Waals surface area contributed by atoms with Crippen LogP contribution in [0.4, 0.5) is 0 Å². The van der Waals surface area contributed by atoms with Crippen LogP contribution in [0.2, 0.25) is 0 Å². The fourth-order valence-corrected chi connectivity index (χ4v) is 2.36. The van der Waals surface area contributed by atoms with Gasteiger partial charge in [0.1, 0.15) is 0 Å². The number of rotatable bonds is 4. The molecule has 0 bridgehead atoms. The fourth-order valence-electron chi connectivity index (χ4n) is 2.10. The Balaban J connectivity index is 1.94. The van der Waals surface area contributed by atoms with E-state index in [9.17, 15) is 0 Å². The van der Waals surface area contributed by atoms with E-state index in [4.69, 9.17) is 4.74 Å². The highest BCUT2D eigenvalue weighted by molar-refractivity contribution is 9.10. The summed E-state index contributed by atoms with van der Waals surface area (Å²) in [4.78, 5) is 0. The molecule has 92 valence electrons. The maximum atomic E-state index is 5.93. The predicted octanol–water partition coefficient (Wildman–Crippen LogP) is 5.03. The van der Waals surface area contributed by atoms with Crippen molar-refractivity contribution in [2.45, 2.75) is 38.7 Å². The van der Waals surface area contributed by atoms with Gasteiger partial charge >= 0.3 is 0 Å². The summed E-state index contributed by atoms with van der Waals surface area (Å²) >= 11 is 3.45. The Kier molecular flexibility index (Phi) is 4.81. The maximum Gasteiger partial charge on any atom is 0.0863 e. The van der Waals surface area contributed by atoms with Crippen LogP contribution in [0.3, 0.4) is 0 Å². The molecule has 0 saturated carbocycles. The molecule has 0 aliphatic carbocycles. The molecule has 1 unspecified atom stereocenters. The molecular weight excluding hydrogens is 276 g/mol. The minimum absolute atomic E-state index is 0.244. The largest absolute Gasteiger partial charge is 0.369 e. The predicted molar refractivity (Wildman–Crippen MR) is 75.1 cm³/mol. The van der Waals surface area contributed by atoms with Crippen molar-refractivity contribution in [3.8, 4) is 0 Å². The zero-order valence-corrected chi connectivity index (χ0v) is 11.9. The Bertz CT molecular complexity index is 380. The van der Waals surface area contributed by atoms with E-state index in [-0.39, 0.29) is 6.10 Å². The van der Waals surface area contributed by atoms with Crippen LogP contribution < -0.4 is 0 Å². The average molecular weight is 295 g/mol. The van der Waals surface area contributed by atoms with Crippen molar-refractivity contribution in [2.24, 2.45) is 0 Å². The second-order valence-electron chi connectivity index (χ2n) is 4.55. The monoisotopic (exact) mass is 294 g/mol.